The summed E-state index contributed by atoms with van der Waals surface area (Å²) in [5, 5.41) is 2.42. The van der Waals surface area contributed by atoms with Gasteiger partial charge in [-0.2, -0.15) is 0 Å². The number of nitrogens with one attached hydrogen (secondary N) is 1. The summed E-state index contributed by atoms with van der Waals surface area (Å²) in [6.07, 6.45) is 13.3. The van der Waals surface area contributed by atoms with Crippen molar-refractivity contribution in [2.45, 2.75) is 101 Å². The topological polar surface area (TPSA) is 82.2 Å². The van der Waals surface area contributed by atoms with Gasteiger partial charge in [0.25, 0.3) is 0 Å². The number of carbonyl (C=O) groups is 3. The molecule has 8 heteroatoms. The van der Waals surface area contributed by atoms with Gasteiger partial charge in [-0.05, 0) is 82.4 Å². The molecule has 1 aromatic carbocycles. The van der Waals surface area contributed by atoms with Crippen LogP contribution >= 0.6 is 0 Å². The Morgan fingerprint density at radius 1 is 0.974 bits per heavy atom. The van der Waals surface area contributed by atoms with E-state index in [1.165, 1.54) is 64.5 Å². The summed E-state index contributed by atoms with van der Waals surface area (Å²) in [6.45, 7) is 5.24. The van der Waals surface area contributed by atoms with Gasteiger partial charge in [0.05, 0.1) is 6.04 Å². The molecule has 4 fully saturated rings. The third kappa shape index (κ3) is 6.46. The Labute approximate surface area is 227 Å². The Kier molecular flexibility index (Phi) is 9.12. The molecule has 2 amide bonds. The van der Waals surface area contributed by atoms with Gasteiger partial charge in [-0.1, -0.05) is 25.7 Å². The molecule has 3 atom stereocenters. The van der Waals surface area contributed by atoms with E-state index in [-0.39, 0.29) is 24.0 Å². The van der Waals surface area contributed by atoms with E-state index in [2.05, 4.69) is 15.1 Å². The van der Waals surface area contributed by atoms with Gasteiger partial charge in [0.2, 0.25) is 11.8 Å². The summed E-state index contributed by atoms with van der Waals surface area (Å²) in [5.74, 6) is 0.304. The number of amides is 2. The first-order valence-corrected chi connectivity index (χ1v) is 14.8. The minimum absolute atomic E-state index is 0.153. The molecule has 3 aliphatic heterocycles. The van der Waals surface area contributed by atoms with Crippen LogP contribution in [0.2, 0.25) is 0 Å². The first-order valence-electron chi connectivity index (χ1n) is 14.8. The summed E-state index contributed by atoms with van der Waals surface area (Å²) in [4.78, 5) is 43.0. The molecule has 4 aliphatic rings. The highest BCUT2D eigenvalue weighted by Crippen LogP contribution is 2.32. The van der Waals surface area contributed by atoms with Gasteiger partial charge in [0.15, 0.2) is 0 Å². The predicted molar refractivity (Wildman–Crippen MR) is 146 cm³/mol. The van der Waals surface area contributed by atoms with Crippen molar-refractivity contribution in [3.63, 3.8) is 0 Å². The van der Waals surface area contributed by atoms with Gasteiger partial charge in [-0.3, -0.25) is 34.4 Å². The minimum Gasteiger partial charge on any atom is -0.489 e. The van der Waals surface area contributed by atoms with Crippen LogP contribution in [-0.2, 0) is 16.1 Å². The zero-order valence-electron chi connectivity index (χ0n) is 22.9. The van der Waals surface area contributed by atoms with Gasteiger partial charge in [0, 0.05) is 43.7 Å². The monoisotopic (exact) mass is 524 g/mol. The fourth-order valence-corrected chi connectivity index (χ4v) is 6.82. The lowest BCUT2D eigenvalue weighted by atomic mass is 9.88. The molecule has 0 bridgehead atoms. The molecule has 1 N–H and O–H groups in total. The fraction of sp³-hybridized carbons (Fsp3) is 0.700. The highest BCUT2D eigenvalue weighted by atomic mass is 16.5. The molecule has 0 aromatic heterocycles. The molecular weight excluding hydrogens is 480 g/mol. The second-order valence-electron chi connectivity index (χ2n) is 11.8. The van der Waals surface area contributed by atoms with E-state index < -0.39 is 0 Å². The van der Waals surface area contributed by atoms with Gasteiger partial charge >= 0.3 is 0 Å². The molecule has 8 nitrogen and oxygen atoms in total. The van der Waals surface area contributed by atoms with Gasteiger partial charge in [-0.25, -0.2) is 0 Å². The predicted octanol–water partition coefficient (Wildman–Crippen LogP) is 3.38. The summed E-state index contributed by atoms with van der Waals surface area (Å²) in [5.41, 5.74) is 1.45. The number of benzene rings is 1. The molecular formula is C30H44N4O4. The summed E-state index contributed by atoms with van der Waals surface area (Å²) >= 11 is 0. The quantitative estimate of drug-likeness (QED) is 0.412. The van der Waals surface area contributed by atoms with Crippen LogP contribution in [0, 0.1) is 0 Å². The number of nitrogens with zero attached hydrogens (tertiary/aromatic N) is 3. The molecule has 208 valence electrons. The Morgan fingerprint density at radius 3 is 2.45 bits per heavy atom. The van der Waals surface area contributed by atoms with Crippen LogP contribution in [-0.4, -0.2) is 90.3 Å². The van der Waals surface area contributed by atoms with Crippen molar-refractivity contribution in [1.29, 1.82) is 0 Å². The van der Waals surface area contributed by atoms with E-state index in [1.54, 1.807) is 0 Å². The molecule has 1 aliphatic carbocycles. The largest absolute Gasteiger partial charge is 0.489 e. The zero-order valence-corrected chi connectivity index (χ0v) is 22.9. The lowest BCUT2D eigenvalue weighted by molar-refractivity contribution is -0.137. The maximum atomic E-state index is 12.3. The van der Waals surface area contributed by atoms with E-state index in [4.69, 9.17) is 4.74 Å². The van der Waals surface area contributed by atoms with Crippen LogP contribution < -0.4 is 10.1 Å². The van der Waals surface area contributed by atoms with Gasteiger partial charge in [0.1, 0.15) is 18.1 Å². The molecule has 5 rings (SSSR count). The Bertz CT molecular complexity index is 986. The molecule has 0 radical (unpaired) electrons. The fourth-order valence-electron chi connectivity index (χ4n) is 6.82. The van der Waals surface area contributed by atoms with Crippen molar-refractivity contribution in [3.05, 3.63) is 29.3 Å². The first kappa shape index (κ1) is 27.3. The van der Waals surface area contributed by atoms with E-state index >= 15 is 0 Å². The maximum absolute atomic E-state index is 12.3. The Balaban J connectivity index is 1.21. The highest BCUT2D eigenvalue weighted by Gasteiger charge is 2.40. The molecule has 0 spiro atoms. The number of ether oxygens (including phenoxy) is 1. The van der Waals surface area contributed by atoms with Crippen LogP contribution in [0.25, 0.3) is 0 Å². The summed E-state index contributed by atoms with van der Waals surface area (Å²) < 4.78 is 6.63. The zero-order chi connectivity index (χ0) is 26.5. The SMILES string of the molecule is CN(Cc1cc(OC2CCCCC2N2CC(N3CCCCCCC3)C2)ccc1C=O)C1CCC(=O)NC1=O. The average molecular weight is 525 g/mol. The second-order valence-corrected chi connectivity index (χ2v) is 11.8. The standard InChI is InChI=1S/C30H44N4O4/c1-32(27-13-14-29(36)31-30(27)37)18-23-17-25(12-11-22(23)21-35)38-28-10-6-5-9-26(28)34-19-24(20-34)33-15-7-3-2-4-8-16-33/h11-12,17,21,24,26-28H,2-10,13-16,18-20H2,1H3,(H,31,36,37). The van der Waals surface area contributed by atoms with E-state index in [1.807, 2.05) is 30.1 Å². The van der Waals surface area contributed by atoms with Crippen molar-refractivity contribution in [2.24, 2.45) is 0 Å². The molecule has 1 aromatic rings. The van der Waals surface area contributed by atoms with Gasteiger partial charge in [-0.15, -0.1) is 0 Å². The Hall–Kier alpha value is -2.29. The third-order valence-electron chi connectivity index (χ3n) is 9.13. The molecule has 3 heterocycles. The van der Waals surface area contributed by atoms with Crippen LogP contribution in [0.5, 0.6) is 5.75 Å². The molecule has 1 saturated carbocycles. The number of hydrogen-bond acceptors (Lipinski definition) is 7. The van der Waals surface area contributed by atoms with Crippen LogP contribution in [0.3, 0.4) is 0 Å². The second kappa shape index (κ2) is 12.7. The van der Waals surface area contributed by atoms with Crippen molar-refractivity contribution >= 4 is 18.1 Å². The minimum atomic E-state index is -0.382. The van der Waals surface area contributed by atoms with E-state index in [9.17, 15) is 14.4 Å². The van der Waals surface area contributed by atoms with Crippen molar-refractivity contribution in [2.75, 3.05) is 33.2 Å². The lowest BCUT2D eigenvalue weighted by Crippen LogP contribution is -2.65. The number of carbonyl (C=O) groups excluding carboxylic acids is 3. The molecule has 3 saturated heterocycles. The number of likely N-dealkylation sites (N-methyl/N-ethyl adjacent to an activating group) is 1. The first-order chi connectivity index (χ1) is 18.5. The van der Waals surface area contributed by atoms with E-state index in [0.717, 1.165) is 37.1 Å². The lowest BCUT2D eigenvalue weighted by Gasteiger charge is -2.51. The van der Waals surface area contributed by atoms with Crippen molar-refractivity contribution in [3.8, 4) is 5.75 Å². The average Bonchev–Trinajstić information content (AvgIpc) is 2.85. The number of aldehydes is 1. The van der Waals surface area contributed by atoms with E-state index in [0.29, 0.717) is 37.0 Å². The third-order valence-corrected chi connectivity index (χ3v) is 9.13. The normalized spacial score (nSPS) is 28.3. The van der Waals surface area contributed by atoms with Crippen LogP contribution in [0.4, 0.5) is 0 Å². The van der Waals surface area contributed by atoms with Crippen molar-refractivity contribution in [1.82, 2.24) is 20.0 Å². The number of rotatable bonds is 8. The molecule has 3 unspecified atom stereocenters. The number of likely N-dealkylation sites (tertiary alicyclic amines) is 2. The van der Waals surface area contributed by atoms with Crippen LogP contribution in [0.1, 0.15) is 86.6 Å². The number of piperidine rings is 1. The maximum Gasteiger partial charge on any atom is 0.243 e. The Morgan fingerprint density at radius 2 is 1.71 bits per heavy atom. The van der Waals surface area contributed by atoms with Crippen molar-refractivity contribution < 1.29 is 19.1 Å². The van der Waals surface area contributed by atoms with Crippen LogP contribution in [0.15, 0.2) is 18.2 Å². The number of hydrogen-bond donors (Lipinski definition) is 1. The molecule has 38 heavy (non-hydrogen) atoms. The summed E-state index contributed by atoms with van der Waals surface area (Å²) in [6, 6.07) is 6.45. The summed E-state index contributed by atoms with van der Waals surface area (Å²) in [7, 11) is 1.87. The van der Waals surface area contributed by atoms with Gasteiger partial charge < -0.3 is 4.74 Å². The smallest absolute Gasteiger partial charge is 0.243 e. The highest BCUT2D eigenvalue weighted by molar-refractivity contribution is 6.00. The number of imide groups is 1.